The normalized spacial score (nSPS) is 26.5. The van der Waals surface area contributed by atoms with E-state index in [9.17, 15) is 0 Å². The van der Waals surface area contributed by atoms with Crippen molar-refractivity contribution >= 4 is 0 Å². The van der Waals surface area contributed by atoms with E-state index in [4.69, 9.17) is 0 Å². The summed E-state index contributed by atoms with van der Waals surface area (Å²) in [6.07, 6.45) is 22.0. The number of hydrogen-bond donors (Lipinski definition) is 0. The average molecular weight is 177 g/mol. The van der Waals surface area contributed by atoms with Crippen LogP contribution in [0.4, 0.5) is 0 Å². The van der Waals surface area contributed by atoms with E-state index in [0.717, 1.165) is 0 Å². The van der Waals surface area contributed by atoms with Crippen LogP contribution >= 0.6 is 0 Å². The van der Waals surface area contributed by atoms with Crippen LogP contribution < -0.4 is 0 Å². The van der Waals surface area contributed by atoms with Crippen molar-refractivity contribution in [1.82, 2.24) is 0 Å². The molecule has 0 heteroatoms. The maximum atomic E-state index is 2.43. The summed E-state index contributed by atoms with van der Waals surface area (Å²) < 4.78 is 0. The van der Waals surface area contributed by atoms with Crippen molar-refractivity contribution in [3.05, 3.63) is 30.7 Å². The molecular weight excluding hydrogens is 156 g/mol. The van der Waals surface area contributed by atoms with Gasteiger partial charge in [0.25, 0.3) is 0 Å². The lowest BCUT2D eigenvalue weighted by Crippen LogP contribution is -1.77. The van der Waals surface area contributed by atoms with E-state index in [-0.39, 0.29) is 0 Å². The third-order valence-electron chi connectivity index (χ3n) is 2.39. The smallest absolute Gasteiger partial charge is 0.0348 e. The first-order valence-corrected chi connectivity index (χ1v) is 5.62. The lowest BCUT2D eigenvalue weighted by atomic mass is 10.1. The molecule has 1 radical (unpaired) electrons. The van der Waals surface area contributed by atoms with Gasteiger partial charge in [-0.15, -0.1) is 0 Å². The van der Waals surface area contributed by atoms with E-state index in [2.05, 4.69) is 30.7 Å². The van der Waals surface area contributed by atoms with Crippen molar-refractivity contribution in [3.63, 3.8) is 0 Å². The highest BCUT2D eigenvalue weighted by molar-refractivity contribution is 4.87. The molecule has 0 aromatic heterocycles. The number of allylic oxidation sites excluding steroid dienone is 4. The van der Waals surface area contributed by atoms with Gasteiger partial charge in [0.15, 0.2) is 0 Å². The molecule has 0 saturated heterocycles. The largest absolute Gasteiger partial charge is 0.0885 e. The molecule has 1 rings (SSSR count). The van der Waals surface area contributed by atoms with Crippen LogP contribution in [-0.2, 0) is 0 Å². The summed E-state index contributed by atoms with van der Waals surface area (Å²) in [6, 6.07) is 0. The zero-order valence-corrected chi connectivity index (χ0v) is 8.54. The van der Waals surface area contributed by atoms with Gasteiger partial charge in [-0.25, -0.2) is 0 Å². The minimum absolute atomic E-state index is 1.24. The first-order valence-electron chi connectivity index (χ1n) is 5.62. The molecule has 1 aliphatic rings. The van der Waals surface area contributed by atoms with Gasteiger partial charge in [-0.05, 0) is 57.8 Å². The van der Waals surface area contributed by atoms with Crippen molar-refractivity contribution in [2.75, 3.05) is 0 Å². The van der Waals surface area contributed by atoms with Gasteiger partial charge in [-0.3, -0.25) is 0 Å². The monoisotopic (exact) mass is 177 g/mol. The van der Waals surface area contributed by atoms with Crippen molar-refractivity contribution in [1.29, 1.82) is 0 Å². The maximum absolute atomic E-state index is 2.43. The Bertz CT molecular complexity index is 135. The Labute approximate surface area is 82.7 Å². The SMILES string of the molecule is [CH]1CC/C=C/CCC/C=C\CCC1. The van der Waals surface area contributed by atoms with E-state index in [0.29, 0.717) is 0 Å². The van der Waals surface area contributed by atoms with Crippen LogP contribution in [-0.4, -0.2) is 0 Å². The molecule has 0 unspecified atom stereocenters. The van der Waals surface area contributed by atoms with Gasteiger partial charge < -0.3 is 0 Å². The van der Waals surface area contributed by atoms with Crippen molar-refractivity contribution in [2.24, 2.45) is 0 Å². The summed E-state index contributed by atoms with van der Waals surface area (Å²) in [6.45, 7) is 0. The van der Waals surface area contributed by atoms with Crippen LogP contribution in [0.2, 0.25) is 0 Å². The summed E-state index contributed by atoms with van der Waals surface area (Å²) in [5, 5.41) is 0. The first kappa shape index (κ1) is 10.6. The van der Waals surface area contributed by atoms with Crippen molar-refractivity contribution < 1.29 is 0 Å². The summed E-state index contributed by atoms with van der Waals surface area (Å²) >= 11 is 0. The Morgan fingerprint density at radius 1 is 0.462 bits per heavy atom. The standard InChI is InChI=1S/C13H21/c1-2-4-6-8-10-12-13-11-9-7-5-3-1/h1-2,7,10,12H,3-6,8-9,11,13H2/b2-1+,12-10-. The molecule has 0 N–H and O–H groups in total. The Kier molecular flexibility index (Phi) is 6.58. The minimum atomic E-state index is 1.24. The van der Waals surface area contributed by atoms with E-state index in [1.54, 1.807) is 0 Å². The topological polar surface area (TPSA) is 0 Å². The second-order valence-corrected chi connectivity index (χ2v) is 3.67. The Hall–Kier alpha value is -0.520. The highest BCUT2D eigenvalue weighted by Crippen LogP contribution is 2.08. The molecule has 0 aromatic rings. The Balaban J connectivity index is 2.18. The molecule has 0 aliphatic heterocycles. The first-order chi connectivity index (χ1) is 6.50. The predicted molar refractivity (Wildman–Crippen MR) is 59.5 cm³/mol. The van der Waals surface area contributed by atoms with Crippen LogP contribution in [0.5, 0.6) is 0 Å². The van der Waals surface area contributed by atoms with E-state index >= 15 is 0 Å². The molecule has 13 heavy (non-hydrogen) atoms. The van der Waals surface area contributed by atoms with Crippen LogP contribution in [0.3, 0.4) is 0 Å². The fraction of sp³-hybridized carbons (Fsp3) is 0.615. The van der Waals surface area contributed by atoms with Gasteiger partial charge in [-0.2, -0.15) is 0 Å². The molecule has 0 atom stereocenters. The lowest BCUT2D eigenvalue weighted by Gasteiger charge is -1.95. The summed E-state index contributed by atoms with van der Waals surface area (Å²) in [7, 11) is 0. The second-order valence-electron chi connectivity index (χ2n) is 3.67. The molecule has 0 fully saturated rings. The summed E-state index contributed by atoms with van der Waals surface area (Å²) in [5.41, 5.74) is 0. The molecule has 1 aliphatic carbocycles. The predicted octanol–water partition coefficient (Wildman–Crippen LogP) is 4.44. The van der Waals surface area contributed by atoms with E-state index < -0.39 is 0 Å². The number of rotatable bonds is 0. The van der Waals surface area contributed by atoms with E-state index in [1.165, 1.54) is 51.4 Å². The summed E-state index contributed by atoms with van der Waals surface area (Å²) in [4.78, 5) is 0. The lowest BCUT2D eigenvalue weighted by molar-refractivity contribution is 0.778. The van der Waals surface area contributed by atoms with Crippen LogP contribution in [0.25, 0.3) is 0 Å². The van der Waals surface area contributed by atoms with Gasteiger partial charge in [-0.1, -0.05) is 24.3 Å². The molecule has 0 saturated carbocycles. The number of hydrogen-bond acceptors (Lipinski definition) is 0. The van der Waals surface area contributed by atoms with Crippen molar-refractivity contribution in [2.45, 2.75) is 51.4 Å². The van der Waals surface area contributed by atoms with Gasteiger partial charge in [0, 0.05) is 0 Å². The Morgan fingerprint density at radius 2 is 1.00 bits per heavy atom. The van der Waals surface area contributed by atoms with Crippen LogP contribution in [0.15, 0.2) is 24.3 Å². The molecule has 0 bridgehead atoms. The molecule has 0 aromatic carbocycles. The minimum Gasteiger partial charge on any atom is -0.0885 e. The van der Waals surface area contributed by atoms with E-state index in [1.807, 2.05) is 0 Å². The third kappa shape index (κ3) is 6.62. The molecular formula is C13H21. The zero-order chi connectivity index (χ0) is 9.19. The molecule has 73 valence electrons. The third-order valence-corrected chi connectivity index (χ3v) is 2.39. The maximum Gasteiger partial charge on any atom is -0.0348 e. The second kappa shape index (κ2) is 8.10. The fourth-order valence-electron chi connectivity index (χ4n) is 1.56. The highest BCUT2D eigenvalue weighted by Gasteiger charge is 1.89. The quantitative estimate of drug-likeness (QED) is 0.480. The molecule has 0 spiro atoms. The van der Waals surface area contributed by atoms with Crippen LogP contribution in [0, 0.1) is 6.42 Å². The fourth-order valence-corrected chi connectivity index (χ4v) is 1.56. The van der Waals surface area contributed by atoms with Crippen molar-refractivity contribution in [3.8, 4) is 0 Å². The Morgan fingerprint density at radius 3 is 1.69 bits per heavy atom. The molecule has 0 amide bonds. The molecule has 0 nitrogen and oxygen atoms in total. The summed E-state index contributed by atoms with van der Waals surface area (Å²) in [5.74, 6) is 0. The highest BCUT2D eigenvalue weighted by atomic mass is 14.0. The van der Waals surface area contributed by atoms with Gasteiger partial charge in [0.05, 0.1) is 0 Å². The molecule has 0 heterocycles. The zero-order valence-electron chi connectivity index (χ0n) is 8.54. The van der Waals surface area contributed by atoms with Crippen LogP contribution in [0.1, 0.15) is 51.4 Å². The van der Waals surface area contributed by atoms with Gasteiger partial charge >= 0.3 is 0 Å². The average Bonchev–Trinajstić information content (AvgIpc) is 2.18. The van der Waals surface area contributed by atoms with Gasteiger partial charge in [0.2, 0.25) is 0 Å². The van der Waals surface area contributed by atoms with Gasteiger partial charge in [0.1, 0.15) is 0 Å².